The van der Waals surface area contributed by atoms with Crippen LogP contribution >= 0.6 is 0 Å². The minimum atomic E-state index is -0.704. The molecule has 1 aliphatic rings. The Hall–Kier alpha value is -3.02. The molecule has 2 aromatic carbocycles. The Morgan fingerprint density at radius 2 is 1.69 bits per heavy atom. The maximum Gasteiger partial charge on any atom is 0.347 e. The largest absolute Gasteiger partial charge is 0.495 e. The van der Waals surface area contributed by atoms with Gasteiger partial charge in [0, 0.05) is 5.56 Å². The van der Waals surface area contributed by atoms with Crippen LogP contribution in [0.4, 0.5) is 5.69 Å². The maximum absolute atomic E-state index is 12.5. The van der Waals surface area contributed by atoms with Gasteiger partial charge in [-0.15, -0.1) is 0 Å². The molecule has 1 saturated carbocycles. The van der Waals surface area contributed by atoms with E-state index >= 15 is 0 Å². The van der Waals surface area contributed by atoms with E-state index in [4.69, 9.17) is 14.2 Å². The SMILES string of the molecule is COc1ccccc1NC(=O)c1ccc(O[C@@H](C)C(=O)OC2CCCCC2)cc1. The highest BCUT2D eigenvalue weighted by atomic mass is 16.6. The number of ether oxygens (including phenoxy) is 3. The fourth-order valence-corrected chi connectivity index (χ4v) is 3.32. The predicted octanol–water partition coefficient (Wildman–Crippen LogP) is 4.59. The van der Waals surface area contributed by atoms with E-state index in [-0.39, 0.29) is 18.0 Å². The third-order valence-corrected chi connectivity index (χ3v) is 4.95. The summed E-state index contributed by atoms with van der Waals surface area (Å²) in [7, 11) is 1.55. The number of hydrogen-bond donors (Lipinski definition) is 1. The first kappa shape index (κ1) is 20.7. The van der Waals surface area contributed by atoms with Gasteiger partial charge in [0.25, 0.3) is 5.91 Å². The smallest absolute Gasteiger partial charge is 0.347 e. The number of hydrogen-bond acceptors (Lipinski definition) is 5. The van der Waals surface area contributed by atoms with E-state index in [1.165, 1.54) is 6.42 Å². The van der Waals surface area contributed by atoms with Crippen molar-refractivity contribution < 1.29 is 23.8 Å². The number of esters is 1. The van der Waals surface area contributed by atoms with Crippen LogP contribution in [-0.2, 0) is 9.53 Å². The minimum absolute atomic E-state index is 0.00310. The molecule has 0 aromatic heterocycles. The van der Waals surface area contributed by atoms with Crippen LogP contribution < -0.4 is 14.8 Å². The van der Waals surface area contributed by atoms with Gasteiger partial charge in [0.05, 0.1) is 12.8 Å². The number of rotatable bonds is 7. The second-order valence-corrected chi connectivity index (χ2v) is 7.14. The molecule has 1 atom stereocenters. The van der Waals surface area contributed by atoms with Gasteiger partial charge in [-0.1, -0.05) is 18.6 Å². The lowest BCUT2D eigenvalue weighted by Gasteiger charge is -2.23. The van der Waals surface area contributed by atoms with Crippen LogP contribution in [0.15, 0.2) is 48.5 Å². The van der Waals surface area contributed by atoms with Crippen molar-refractivity contribution in [3.8, 4) is 11.5 Å². The molecule has 0 aliphatic heterocycles. The van der Waals surface area contributed by atoms with E-state index in [1.54, 1.807) is 50.4 Å². The summed E-state index contributed by atoms with van der Waals surface area (Å²) >= 11 is 0. The third-order valence-electron chi connectivity index (χ3n) is 4.95. The molecule has 2 aromatic rings. The highest BCUT2D eigenvalue weighted by Gasteiger charge is 2.23. The van der Waals surface area contributed by atoms with Crippen molar-refractivity contribution in [3.63, 3.8) is 0 Å². The molecule has 154 valence electrons. The van der Waals surface area contributed by atoms with Crippen molar-refractivity contribution in [1.82, 2.24) is 0 Å². The molecular weight excluding hydrogens is 370 g/mol. The summed E-state index contributed by atoms with van der Waals surface area (Å²) in [6.07, 6.45) is 4.56. The second-order valence-electron chi connectivity index (χ2n) is 7.14. The number of amides is 1. The normalized spacial score (nSPS) is 15.2. The van der Waals surface area contributed by atoms with E-state index in [2.05, 4.69) is 5.32 Å². The van der Waals surface area contributed by atoms with Crippen molar-refractivity contribution in [1.29, 1.82) is 0 Å². The summed E-state index contributed by atoms with van der Waals surface area (Å²) in [5.41, 5.74) is 1.07. The second kappa shape index (κ2) is 9.96. The van der Waals surface area contributed by atoms with E-state index in [9.17, 15) is 9.59 Å². The van der Waals surface area contributed by atoms with E-state index in [1.807, 2.05) is 12.1 Å². The number of carbonyl (C=O) groups is 2. The first-order chi connectivity index (χ1) is 14.1. The number of methoxy groups -OCH3 is 1. The number of benzene rings is 2. The number of para-hydroxylation sites is 2. The Kier molecular flexibility index (Phi) is 7.11. The molecule has 0 bridgehead atoms. The lowest BCUT2D eigenvalue weighted by Crippen LogP contribution is -2.31. The predicted molar refractivity (Wildman–Crippen MR) is 110 cm³/mol. The van der Waals surface area contributed by atoms with Gasteiger partial charge in [0.15, 0.2) is 6.10 Å². The molecule has 6 heteroatoms. The third kappa shape index (κ3) is 5.73. The van der Waals surface area contributed by atoms with Gasteiger partial charge in [-0.2, -0.15) is 0 Å². The van der Waals surface area contributed by atoms with Gasteiger partial charge in [-0.3, -0.25) is 4.79 Å². The Labute approximate surface area is 171 Å². The molecule has 0 heterocycles. The fourth-order valence-electron chi connectivity index (χ4n) is 3.32. The van der Waals surface area contributed by atoms with Crippen LogP contribution in [0.1, 0.15) is 49.4 Å². The minimum Gasteiger partial charge on any atom is -0.495 e. The fraction of sp³-hybridized carbons (Fsp3) is 0.391. The van der Waals surface area contributed by atoms with Crippen LogP contribution in [0.5, 0.6) is 11.5 Å². The Balaban J connectivity index is 1.55. The molecular formula is C23H27NO5. The molecule has 0 radical (unpaired) electrons. The Morgan fingerprint density at radius 1 is 1.00 bits per heavy atom. The Bertz CT molecular complexity index is 827. The van der Waals surface area contributed by atoms with E-state index < -0.39 is 6.10 Å². The van der Waals surface area contributed by atoms with Crippen molar-refractivity contribution in [2.24, 2.45) is 0 Å². The lowest BCUT2D eigenvalue weighted by atomic mass is 9.98. The van der Waals surface area contributed by atoms with Gasteiger partial charge in [-0.25, -0.2) is 4.79 Å². The zero-order chi connectivity index (χ0) is 20.6. The number of nitrogens with one attached hydrogen (secondary N) is 1. The first-order valence-electron chi connectivity index (χ1n) is 9.98. The summed E-state index contributed by atoms with van der Waals surface area (Å²) < 4.78 is 16.5. The van der Waals surface area contributed by atoms with Crippen molar-refractivity contribution in [2.45, 2.75) is 51.2 Å². The summed E-state index contributed by atoms with van der Waals surface area (Å²) in [5.74, 6) is 0.485. The summed E-state index contributed by atoms with van der Waals surface area (Å²) in [5, 5.41) is 2.82. The molecule has 3 rings (SSSR count). The highest BCUT2D eigenvalue weighted by molar-refractivity contribution is 6.05. The first-order valence-corrected chi connectivity index (χ1v) is 9.98. The lowest BCUT2D eigenvalue weighted by molar-refractivity contribution is -0.158. The van der Waals surface area contributed by atoms with Gasteiger partial charge >= 0.3 is 5.97 Å². The molecule has 1 N–H and O–H groups in total. The van der Waals surface area contributed by atoms with E-state index in [0.717, 1.165) is 25.7 Å². The van der Waals surface area contributed by atoms with Crippen molar-refractivity contribution in [2.75, 3.05) is 12.4 Å². The average molecular weight is 397 g/mol. The van der Waals surface area contributed by atoms with E-state index in [0.29, 0.717) is 22.7 Å². The molecule has 0 spiro atoms. The van der Waals surface area contributed by atoms with Gasteiger partial charge in [-0.05, 0) is 69.0 Å². The van der Waals surface area contributed by atoms with Crippen LogP contribution in [0, 0.1) is 0 Å². The molecule has 0 unspecified atom stereocenters. The molecule has 29 heavy (non-hydrogen) atoms. The van der Waals surface area contributed by atoms with Crippen molar-refractivity contribution >= 4 is 17.6 Å². The highest BCUT2D eigenvalue weighted by Crippen LogP contribution is 2.24. The maximum atomic E-state index is 12.5. The van der Waals surface area contributed by atoms with Crippen molar-refractivity contribution in [3.05, 3.63) is 54.1 Å². The number of carbonyl (C=O) groups excluding carboxylic acids is 2. The monoisotopic (exact) mass is 397 g/mol. The zero-order valence-electron chi connectivity index (χ0n) is 16.9. The molecule has 1 fully saturated rings. The topological polar surface area (TPSA) is 73.9 Å². The van der Waals surface area contributed by atoms with Crippen LogP contribution in [-0.4, -0.2) is 31.2 Å². The zero-order valence-corrected chi connectivity index (χ0v) is 16.9. The quantitative estimate of drug-likeness (QED) is 0.692. The molecule has 1 aliphatic carbocycles. The summed E-state index contributed by atoms with van der Waals surface area (Å²) in [4.78, 5) is 24.7. The van der Waals surface area contributed by atoms with Gasteiger partial charge < -0.3 is 19.5 Å². The molecule has 6 nitrogen and oxygen atoms in total. The Morgan fingerprint density at radius 3 is 2.38 bits per heavy atom. The molecule has 1 amide bonds. The number of anilines is 1. The standard InChI is InChI=1S/C23H27NO5/c1-16(23(26)29-18-8-4-3-5-9-18)28-19-14-12-17(13-15-19)22(25)24-20-10-6-7-11-21(20)27-2/h6-7,10-16,18H,3-5,8-9H2,1-2H3,(H,24,25)/t16-/m0/s1. The van der Waals surface area contributed by atoms with Crippen LogP contribution in [0.25, 0.3) is 0 Å². The summed E-state index contributed by atoms with van der Waals surface area (Å²) in [6, 6.07) is 13.8. The van der Waals surface area contributed by atoms with Crippen LogP contribution in [0.2, 0.25) is 0 Å². The van der Waals surface area contributed by atoms with Crippen LogP contribution in [0.3, 0.4) is 0 Å². The van der Waals surface area contributed by atoms with Gasteiger partial charge in [0.2, 0.25) is 0 Å². The van der Waals surface area contributed by atoms with Gasteiger partial charge in [0.1, 0.15) is 17.6 Å². The average Bonchev–Trinajstić information content (AvgIpc) is 2.75. The summed E-state index contributed by atoms with van der Waals surface area (Å²) in [6.45, 7) is 1.67. The molecule has 0 saturated heterocycles.